The minimum Gasteiger partial charge on any atom is -0.481 e. The van der Waals surface area contributed by atoms with Crippen LogP contribution in [0, 0.1) is 0 Å². The van der Waals surface area contributed by atoms with Crippen molar-refractivity contribution >= 4 is 17.7 Å². The summed E-state index contributed by atoms with van der Waals surface area (Å²) < 4.78 is 5.06. The van der Waals surface area contributed by atoms with E-state index in [4.69, 9.17) is 10.5 Å². The molecule has 1 amide bonds. The first-order chi connectivity index (χ1) is 8.65. The number of hydrogen-bond donors (Lipinski definition) is 2. The van der Waals surface area contributed by atoms with Crippen molar-refractivity contribution in [1.82, 2.24) is 15.3 Å². The SMILES string of the molecule is CNC(=O)C1CCCN1c1cc(OC)nc(N)n1. The summed E-state index contributed by atoms with van der Waals surface area (Å²) >= 11 is 0. The number of rotatable bonds is 3. The number of methoxy groups -OCH3 is 1. The summed E-state index contributed by atoms with van der Waals surface area (Å²) in [5.41, 5.74) is 5.63. The molecule has 1 saturated heterocycles. The second kappa shape index (κ2) is 5.07. The zero-order valence-corrected chi connectivity index (χ0v) is 10.5. The van der Waals surface area contributed by atoms with Gasteiger partial charge in [-0.2, -0.15) is 9.97 Å². The molecule has 0 radical (unpaired) electrons. The molecule has 1 aromatic heterocycles. The predicted octanol–water partition coefficient (Wildman–Crippen LogP) is -0.218. The summed E-state index contributed by atoms with van der Waals surface area (Å²) in [6.45, 7) is 0.775. The second-order valence-electron chi connectivity index (χ2n) is 4.09. The molecular formula is C11H17N5O2. The normalized spacial score (nSPS) is 18.8. The van der Waals surface area contributed by atoms with Crippen LogP contribution in [0.5, 0.6) is 5.88 Å². The van der Waals surface area contributed by atoms with Gasteiger partial charge in [-0.15, -0.1) is 0 Å². The maximum atomic E-state index is 11.8. The van der Waals surface area contributed by atoms with E-state index in [1.807, 2.05) is 4.90 Å². The molecule has 7 heteroatoms. The highest BCUT2D eigenvalue weighted by Crippen LogP contribution is 2.26. The maximum Gasteiger partial charge on any atom is 0.242 e. The van der Waals surface area contributed by atoms with Crippen LogP contribution >= 0.6 is 0 Å². The number of amides is 1. The zero-order valence-electron chi connectivity index (χ0n) is 10.5. The first-order valence-electron chi connectivity index (χ1n) is 5.82. The number of hydrogen-bond acceptors (Lipinski definition) is 6. The van der Waals surface area contributed by atoms with Crippen molar-refractivity contribution in [2.45, 2.75) is 18.9 Å². The highest BCUT2D eigenvalue weighted by Gasteiger charge is 2.31. The van der Waals surface area contributed by atoms with E-state index < -0.39 is 0 Å². The van der Waals surface area contributed by atoms with Crippen LogP contribution < -0.4 is 20.7 Å². The average Bonchev–Trinajstić information content (AvgIpc) is 2.86. The number of anilines is 2. The number of nitrogens with zero attached hydrogens (tertiary/aromatic N) is 3. The molecule has 7 nitrogen and oxygen atoms in total. The molecule has 98 valence electrons. The summed E-state index contributed by atoms with van der Waals surface area (Å²) in [5, 5.41) is 2.66. The molecule has 18 heavy (non-hydrogen) atoms. The van der Waals surface area contributed by atoms with Crippen LogP contribution in [0.3, 0.4) is 0 Å². The monoisotopic (exact) mass is 251 g/mol. The van der Waals surface area contributed by atoms with Gasteiger partial charge in [0.25, 0.3) is 0 Å². The van der Waals surface area contributed by atoms with Gasteiger partial charge in [-0.25, -0.2) is 0 Å². The number of nitrogens with one attached hydrogen (secondary N) is 1. The van der Waals surface area contributed by atoms with Crippen molar-refractivity contribution in [2.75, 3.05) is 31.3 Å². The lowest BCUT2D eigenvalue weighted by Crippen LogP contribution is -2.42. The summed E-state index contributed by atoms with van der Waals surface area (Å²) in [4.78, 5) is 21.8. The van der Waals surface area contributed by atoms with Crippen molar-refractivity contribution in [1.29, 1.82) is 0 Å². The van der Waals surface area contributed by atoms with E-state index >= 15 is 0 Å². The number of carbonyl (C=O) groups excluding carboxylic acids is 1. The molecule has 1 aliphatic rings. The molecule has 0 aliphatic carbocycles. The fourth-order valence-corrected chi connectivity index (χ4v) is 2.16. The molecule has 0 spiro atoms. The van der Waals surface area contributed by atoms with E-state index in [9.17, 15) is 4.79 Å². The van der Waals surface area contributed by atoms with E-state index in [0.29, 0.717) is 11.7 Å². The minimum atomic E-state index is -0.200. The Balaban J connectivity index is 2.29. The summed E-state index contributed by atoms with van der Waals surface area (Å²) in [6.07, 6.45) is 1.76. The minimum absolute atomic E-state index is 0.0105. The smallest absolute Gasteiger partial charge is 0.242 e. The molecule has 1 unspecified atom stereocenters. The molecule has 0 bridgehead atoms. The Morgan fingerprint density at radius 2 is 2.39 bits per heavy atom. The van der Waals surface area contributed by atoms with Crippen molar-refractivity contribution in [3.63, 3.8) is 0 Å². The largest absolute Gasteiger partial charge is 0.481 e. The standard InChI is InChI=1S/C11H17N5O2/c1-13-10(17)7-4-3-5-16(7)8-6-9(18-2)15-11(12)14-8/h6-7H,3-5H2,1-2H3,(H,13,17)(H2,12,14,15). The molecule has 3 N–H and O–H groups in total. The fraction of sp³-hybridized carbons (Fsp3) is 0.545. The summed E-state index contributed by atoms with van der Waals surface area (Å²) in [6, 6.07) is 1.49. The first kappa shape index (κ1) is 12.4. The van der Waals surface area contributed by atoms with Crippen LogP contribution in [-0.4, -0.2) is 42.6 Å². The highest BCUT2D eigenvalue weighted by atomic mass is 16.5. The van der Waals surface area contributed by atoms with Crippen molar-refractivity contribution in [3.05, 3.63) is 6.07 Å². The number of carbonyl (C=O) groups is 1. The number of nitrogens with two attached hydrogens (primary N) is 1. The molecule has 0 aromatic carbocycles. The topological polar surface area (TPSA) is 93.4 Å². The van der Waals surface area contributed by atoms with E-state index in [2.05, 4.69) is 15.3 Å². The van der Waals surface area contributed by atoms with E-state index in [1.54, 1.807) is 13.1 Å². The van der Waals surface area contributed by atoms with Gasteiger partial charge in [0.05, 0.1) is 7.11 Å². The van der Waals surface area contributed by atoms with Gasteiger partial charge in [0.1, 0.15) is 11.9 Å². The van der Waals surface area contributed by atoms with Gasteiger partial charge in [0, 0.05) is 19.7 Å². The first-order valence-corrected chi connectivity index (χ1v) is 5.82. The van der Waals surface area contributed by atoms with Crippen LogP contribution in [0.2, 0.25) is 0 Å². The lowest BCUT2D eigenvalue weighted by Gasteiger charge is -2.24. The molecule has 1 aliphatic heterocycles. The lowest BCUT2D eigenvalue weighted by molar-refractivity contribution is -0.121. The molecule has 1 atom stereocenters. The Bertz CT molecular complexity index is 451. The van der Waals surface area contributed by atoms with Crippen LogP contribution in [0.4, 0.5) is 11.8 Å². The predicted molar refractivity (Wildman–Crippen MR) is 67.4 cm³/mol. The fourth-order valence-electron chi connectivity index (χ4n) is 2.16. The molecule has 2 rings (SSSR count). The lowest BCUT2D eigenvalue weighted by atomic mass is 10.2. The summed E-state index contributed by atoms with van der Waals surface area (Å²) in [7, 11) is 3.15. The van der Waals surface area contributed by atoms with Crippen molar-refractivity contribution < 1.29 is 9.53 Å². The van der Waals surface area contributed by atoms with Gasteiger partial charge in [0.15, 0.2) is 0 Å². The third-order valence-corrected chi connectivity index (χ3v) is 3.01. The van der Waals surface area contributed by atoms with Crippen LogP contribution in [0.1, 0.15) is 12.8 Å². The van der Waals surface area contributed by atoms with Gasteiger partial charge >= 0.3 is 0 Å². The Morgan fingerprint density at radius 1 is 1.61 bits per heavy atom. The Kier molecular flexibility index (Phi) is 3.50. The Labute approximate surface area is 105 Å². The number of ether oxygens (including phenoxy) is 1. The Morgan fingerprint density at radius 3 is 3.06 bits per heavy atom. The van der Waals surface area contributed by atoms with Crippen molar-refractivity contribution in [2.24, 2.45) is 0 Å². The quantitative estimate of drug-likeness (QED) is 0.771. The van der Waals surface area contributed by atoms with Crippen LogP contribution in [0.15, 0.2) is 6.07 Å². The highest BCUT2D eigenvalue weighted by molar-refractivity contribution is 5.85. The third-order valence-electron chi connectivity index (χ3n) is 3.01. The molecule has 0 saturated carbocycles. The van der Waals surface area contributed by atoms with Gasteiger partial charge in [-0.3, -0.25) is 4.79 Å². The van der Waals surface area contributed by atoms with E-state index in [1.165, 1.54) is 7.11 Å². The molecular weight excluding hydrogens is 234 g/mol. The van der Waals surface area contributed by atoms with Crippen LogP contribution in [0.25, 0.3) is 0 Å². The second-order valence-corrected chi connectivity index (χ2v) is 4.09. The number of nitrogen functional groups attached to an aromatic ring is 1. The third kappa shape index (κ3) is 2.29. The molecule has 1 fully saturated rings. The van der Waals surface area contributed by atoms with Gasteiger partial charge < -0.3 is 20.7 Å². The van der Waals surface area contributed by atoms with Crippen LogP contribution in [-0.2, 0) is 4.79 Å². The van der Waals surface area contributed by atoms with E-state index in [0.717, 1.165) is 19.4 Å². The average molecular weight is 251 g/mol. The number of likely N-dealkylation sites (N-methyl/N-ethyl adjacent to an activating group) is 1. The van der Waals surface area contributed by atoms with E-state index in [-0.39, 0.29) is 17.9 Å². The summed E-state index contributed by atoms with van der Waals surface area (Å²) in [5.74, 6) is 1.17. The molecule has 1 aromatic rings. The Hall–Kier alpha value is -2.05. The molecule has 2 heterocycles. The van der Waals surface area contributed by atoms with Crippen molar-refractivity contribution in [3.8, 4) is 5.88 Å². The van der Waals surface area contributed by atoms with Gasteiger partial charge in [-0.1, -0.05) is 0 Å². The van der Waals surface area contributed by atoms with Gasteiger partial charge in [-0.05, 0) is 12.8 Å². The van der Waals surface area contributed by atoms with Gasteiger partial charge in [0.2, 0.25) is 17.7 Å². The number of aromatic nitrogens is 2. The zero-order chi connectivity index (χ0) is 13.1. The maximum absolute atomic E-state index is 11.8.